The summed E-state index contributed by atoms with van der Waals surface area (Å²) >= 11 is 0. The van der Waals surface area contributed by atoms with E-state index in [2.05, 4.69) is 77.4 Å². The molecule has 0 fully saturated rings. The first-order chi connectivity index (χ1) is 25.2. The predicted octanol–water partition coefficient (Wildman–Crippen LogP) is 11.5. The van der Waals surface area contributed by atoms with Gasteiger partial charge in [-0.25, -0.2) is 15.0 Å². The second kappa shape index (κ2) is 10.7. The van der Waals surface area contributed by atoms with Gasteiger partial charge in [-0.3, -0.25) is 4.57 Å². The van der Waals surface area contributed by atoms with E-state index in [9.17, 15) is 0 Å². The fraction of sp³-hybridized carbons (Fsp3) is 0. The number of rotatable bonds is 5. The lowest BCUT2D eigenvalue weighted by Crippen LogP contribution is -2.09. The van der Waals surface area contributed by atoms with Crippen molar-refractivity contribution in [1.29, 1.82) is 0 Å². The zero-order valence-corrected chi connectivity index (χ0v) is 27.1. The predicted molar refractivity (Wildman–Crippen MR) is 201 cm³/mol. The van der Waals surface area contributed by atoms with Crippen LogP contribution in [0.4, 0.5) is 0 Å². The molecule has 0 atom stereocenters. The highest BCUT2D eigenvalue weighted by atomic mass is 16.5. The highest BCUT2D eigenvalue weighted by molar-refractivity contribution is 6.16. The van der Waals surface area contributed by atoms with Crippen LogP contribution in [-0.4, -0.2) is 19.5 Å². The summed E-state index contributed by atoms with van der Waals surface area (Å²) in [5.41, 5.74) is 10.2. The molecule has 0 bridgehead atoms. The number of fused-ring (bicyclic) bond motifs is 1. The molecule has 0 saturated heterocycles. The fourth-order valence-electron chi connectivity index (χ4n) is 7.45. The number of ether oxygens (including phenoxy) is 2. The third-order valence-electron chi connectivity index (χ3n) is 9.79. The van der Waals surface area contributed by atoms with Crippen LogP contribution in [0.25, 0.3) is 83.9 Å². The highest BCUT2D eigenvalue weighted by Crippen LogP contribution is 2.54. The molecule has 0 radical (unpaired) electrons. The lowest BCUT2D eigenvalue weighted by Gasteiger charge is -2.27. The van der Waals surface area contributed by atoms with Crippen molar-refractivity contribution in [2.24, 2.45) is 0 Å². The van der Waals surface area contributed by atoms with Crippen molar-refractivity contribution in [2.45, 2.75) is 0 Å². The van der Waals surface area contributed by atoms with Gasteiger partial charge in [0.2, 0.25) is 0 Å². The van der Waals surface area contributed by atoms with E-state index in [0.717, 1.165) is 89.4 Å². The largest absolute Gasteiger partial charge is 0.453 e. The van der Waals surface area contributed by atoms with Crippen molar-refractivity contribution in [3.8, 4) is 85.1 Å². The normalized spacial score (nSPS) is 12.2. The van der Waals surface area contributed by atoms with E-state index in [-0.39, 0.29) is 0 Å². The Morgan fingerprint density at radius 1 is 0.333 bits per heavy atom. The Balaban J connectivity index is 1.03. The van der Waals surface area contributed by atoms with Crippen LogP contribution < -0.4 is 9.47 Å². The molecule has 4 heterocycles. The fourth-order valence-corrected chi connectivity index (χ4v) is 7.45. The molecule has 0 amide bonds. The molecule has 6 heteroatoms. The quantitative estimate of drug-likeness (QED) is 0.185. The van der Waals surface area contributed by atoms with Gasteiger partial charge in [0.15, 0.2) is 40.5 Å². The van der Waals surface area contributed by atoms with Gasteiger partial charge < -0.3 is 9.47 Å². The van der Waals surface area contributed by atoms with Crippen molar-refractivity contribution in [3.05, 3.63) is 158 Å². The first-order valence-electron chi connectivity index (χ1n) is 16.9. The highest BCUT2D eigenvalue weighted by Gasteiger charge is 2.32. The number of nitrogens with zero attached hydrogens (tertiary/aromatic N) is 4. The van der Waals surface area contributed by atoms with Crippen LogP contribution in [0.5, 0.6) is 23.0 Å². The van der Waals surface area contributed by atoms with Gasteiger partial charge in [-0.05, 0) is 64.7 Å². The summed E-state index contributed by atoms with van der Waals surface area (Å²) in [6, 6.07) is 53.9. The minimum absolute atomic E-state index is 0.628. The maximum absolute atomic E-state index is 6.59. The Kier molecular flexibility index (Phi) is 5.86. The molecular weight excluding hydrogens is 629 g/mol. The van der Waals surface area contributed by atoms with Crippen molar-refractivity contribution in [3.63, 3.8) is 0 Å². The van der Waals surface area contributed by atoms with Gasteiger partial charge in [-0.2, -0.15) is 0 Å². The van der Waals surface area contributed by atoms with E-state index in [4.69, 9.17) is 24.4 Å². The maximum Gasteiger partial charge on any atom is 0.164 e. The van der Waals surface area contributed by atoms with E-state index in [0.29, 0.717) is 17.5 Å². The summed E-state index contributed by atoms with van der Waals surface area (Å²) in [4.78, 5) is 14.8. The first kappa shape index (κ1) is 27.9. The minimum atomic E-state index is 0.628. The van der Waals surface area contributed by atoms with E-state index in [1.165, 1.54) is 0 Å². The molecule has 7 aromatic carbocycles. The number of benzene rings is 7. The van der Waals surface area contributed by atoms with Crippen LogP contribution >= 0.6 is 0 Å². The molecule has 0 spiro atoms. The molecule has 11 rings (SSSR count). The average molecular weight is 655 g/mol. The van der Waals surface area contributed by atoms with Crippen molar-refractivity contribution in [2.75, 3.05) is 0 Å². The third kappa shape index (κ3) is 4.33. The summed E-state index contributed by atoms with van der Waals surface area (Å²) in [5, 5.41) is 2.28. The molecule has 9 aromatic rings. The monoisotopic (exact) mass is 654 g/mol. The van der Waals surface area contributed by atoms with Crippen LogP contribution in [0.15, 0.2) is 158 Å². The second-order valence-corrected chi connectivity index (χ2v) is 12.9. The summed E-state index contributed by atoms with van der Waals surface area (Å²) in [6.07, 6.45) is 0. The van der Waals surface area contributed by atoms with E-state index in [1.807, 2.05) is 84.9 Å². The van der Waals surface area contributed by atoms with Crippen molar-refractivity contribution < 1.29 is 9.47 Å². The van der Waals surface area contributed by atoms with E-state index >= 15 is 0 Å². The van der Waals surface area contributed by atoms with Crippen LogP contribution in [-0.2, 0) is 0 Å². The summed E-state index contributed by atoms with van der Waals surface area (Å²) in [5.74, 6) is 5.20. The molecule has 2 aliphatic rings. The lowest BCUT2D eigenvalue weighted by atomic mass is 9.96. The Labute approximate surface area is 292 Å². The number of para-hydroxylation sites is 2. The topological polar surface area (TPSA) is 62.1 Å². The summed E-state index contributed by atoms with van der Waals surface area (Å²) < 4.78 is 15.3. The standard InChI is InChI=1S/C45H26N4O2/c1-3-11-27(12-4-1)43-46-44(28-13-5-2-6-14-28)48-45(47-43)32-18-8-16-30(24-32)29-15-7-17-31(23-29)33-25-35-34-19-9-20-36-40(34)49-41(35)39(26-33)51-38-22-10-21-37(50-36)42(38)49/h1-26H. The zero-order valence-electron chi connectivity index (χ0n) is 27.1. The van der Waals surface area contributed by atoms with Gasteiger partial charge in [0.25, 0.3) is 0 Å². The van der Waals surface area contributed by atoms with E-state index in [1.54, 1.807) is 0 Å². The molecular formula is C45H26N4O2. The first-order valence-corrected chi connectivity index (χ1v) is 16.9. The van der Waals surface area contributed by atoms with Crippen molar-refractivity contribution in [1.82, 2.24) is 19.5 Å². The Morgan fingerprint density at radius 3 is 1.47 bits per heavy atom. The van der Waals surface area contributed by atoms with E-state index < -0.39 is 0 Å². The molecule has 0 N–H and O–H groups in total. The maximum atomic E-state index is 6.59. The molecule has 238 valence electrons. The van der Waals surface area contributed by atoms with Gasteiger partial charge in [0.1, 0.15) is 5.69 Å². The lowest BCUT2D eigenvalue weighted by molar-refractivity contribution is 0.444. The number of hydrogen-bond donors (Lipinski definition) is 0. The van der Waals surface area contributed by atoms with Gasteiger partial charge >= 0.3 is 0 Å². The van der Waals surface area contributed by atoms with Crippen molar-refractivity contribution >= 4 is 21.8 Å². The van der Waals surface area contributed by atoms with Gasteiger partial charge in [0, 0.05) is 27.5 Å². The van der Waals surface area contributed by atoms with Crippen LogP contribution in [0, 0.1) is 0 Å². The number of hydrogen-bond acceptors (Lipinski definition) is 5. The number of aromatic nitrogens is 4. The Hall–Kier alpha value is -7.05. The minimum Gasteiger partial charge on any atom is -0.453 e. The van der Waals surface area contributed by atoms with Crippen LogP contribution in [0.3, 0.4) is 0 Å². The molecule has 0 aliphatic carbocycles. The summed E-state index contributed by atoms with van der Waals surface area (Å²) in [7, 11) is 0. The third-order valence-corrected chi connectivity index (χ3v) is 9.79. The Morgan fingerprint density at radius 2 is 0.804 bits per heavy atom. The molecule has 0 unspecified atom stereocenters. The van der Waals surface area contributed by atoms with Crippen LogP contribution in [0.2, 0.25) is 0 Å². The van der Waals surface area contributed by atoms with Crippen LogP contribution in [0.1, 0.15) is 0 Å². The van der Waals surface area contributed by atoms with Gasteiger partial charge in [0.05, 0.1) is 11.0 Å². The molecule has 0 saturated carbocycles. The Bertz CT molecular complexity index is 2800. The van der Waals surface area contributed by atoms with Gasteiger partial charge in [-0.15, -0.1) is 0 Å². The molecule has 51 heavy (non-hydrogen) atoms. The summed E-state index contributed by atoms with van der Waals surface area (Å²) in [6.45, 7) is 0. The second-order valence-electron chi connectivity index (χ2n) is 12.9. The zero-order chi connectivity index (χ0) is 33.5. The average Bonchev–Trinajstić information content (AvgIpc) is 3.55. The molecule has 6 nitrogen and oxygen atoms in total. The smallest absolute Gasteiger partial charge is 0.164 e. The molecule has 2 aliphatic heterocycles. The van der Waals surface area contributed by atoms with Gasteiger partial charge in [-0.1, -0.05) is 115 Å². The molecule has 2 aromatic heterocycles. The SMILES string of the molecule is c1ccc(-c2nc(-c3ccccc3)nc(-c3cccc(-c4cccc(-c5cc6c7c(c5)c5cccc8c5n7-c5c(cccc5O6)O8)c4)c3)n2)cc1.